The fourth-order valence-electron chi connectivity index (χ4n) is 3.72. The molecule has 15 heteroatoms. The first-order valence-corrected chi connectivity index (χ1v) is 10.1. The largest absolute Gasteiger partial charge is 0.406 e. The summed E-state index contributed by atoms with van der Waals surface area (Å²) in [6.45, 7) is -0.578. The van der Waals surface area contributed by atoms with Crippen LogP contribution < -0.4 is 5.32 Å². The molecule has 7 nitrogen and oxygen atoms in total. The smallest absolute Gasteiger partial charge is 0.239 e. The zero-order valence-electron chi connectivity index (χ0n) is 18.5. The number of hydrogen-bond acceptors (Lipinski definition) is 5. The van der Waals surface area contributed by atoms with Crippen molar-refractivity contribution in [1.29, 1.82) is 0 Å². The first-order chi connectivity index (χ1) is 15.6. The summed E-state index contributed by atoms with van der Waals surface area (Å²) in [5.41, 5.74) is 1.90. The molecule has 0 atom stereocenters. The Morgan fingerprint density at radius 1 is 0.941 bits per heavy atom. The first kappa shape index (κ1) is 24.9. The Morgan fingerprint density at radius 3 is 2.18 bits per heavy atom. The van der Waals surface area contributed by atoms with Gasteiger partial charge < -0.3 is 15.0 Å². The molecule has 1 N–H and O–H groups in total. The molecule has 1 aliphatic heterocycles. The summed E-state index contributed by atoms with van der Waals surface area (Å²) in [6.07, 6.45) is 5.28. The number of nitrogens with zero attached hydrogens (tertiary/aromatic N) is 4. The van der Waals surface area contributed by atoms with Crippen molar-refractivity contribution < 1.29 is 9.53 Å². The number of hydrogen-bond donors (Lipinski definition) is 1. The highest BCUT2D eigenvalue weighted by Crippen LogP contribution is 2.39. The summed E-state index contributed by atoms with van der Waals surface area (Å²) >= 11 is 0. The minimum Gasteiger partial charge on any atom is -0.406 e. The van der Waals surface area contributed by atoms with E-state index in [2.05, 4.69) is 15.4 Å². The van der Waals surface area contributed by atoms with Crippen molar-refractivity contribution in [2.75, 3.05) is 11.9 Å². The van der Waals surface area contributed by atoms with Gasteiger partial charge in [0.2, 0.25) is 5.91 Å². The number of aromatic nitrogens is 3. The van der Waals surface area contributed by atoms with E-state index in [1.54, 1.807) is 23.1 Å². The van der Waals surface area contributed by atoms with Crippen molar-refractivity contribution in [3.63, 3.8) is 0 Å². The molecule has 150 valence electrons. The molecule has 1 saturated heterocycles. The Hall–Kier alpha value is -2.25. The number of nitrogens with one attached hydrogen (secondary N) is 1. The average Bonchev–Trinajstić information content (AvgIpc) is 3.16. The molecule has 1 aromatic carbocycles. The maximum Gasteiger partial charge on any atom is 0.239 e. The van der Waals surface area contributed by atoms with Crippen LogP contribution in [0.3, 0.4) is 0 Å². The van der Waals surface area contributed by atoms with Crippen molar-refractivity contribution in [3.8, 4) is 11.1 Å². The molecule has 0 spiro atoms. The number of carbonyl (C=O) groups excluding carboxylic acids is 1. The molecule has 0 aliphatic carbocycles. The zero-order chi connectivity index (χ0) is 25.1. The lowest BCUT2D eigenvalue weighted by Crippen LogP contribution is -2.86. The van der Waals surface area contributed by atoms with Gasteiger partial charge in [0.05, 0.1) is 75.5 Å². The number of benzene rings is 1. The van der Waals surface area contributed by atoms with Crippen LogP contribution in [-0.2, 0) is 16.6 Å². The highest BCUT2D eigenvalue weighted by molar-refractivity contribution is 6.59. The quantitative estimate of drug-likeness (QED) is 0.480. The van der Waals surface area contributed by atoms with Crippen molar-refractivity contribution in [1.82, 2.24) is 19.7 Å². The number of ether oxygens (including phenoxy) is 1. The van der Waals surface area contributed by atoms with Gasteiger partial charge in [0.25, 0.3) is 0 Å². The number of fused-ring (bicyclic) bond motifs is 1. The molecule has 1 fully saturated rings. The Morgan fingerprint density at radius 2 is 1.59 bits per heavy atom. The minimum absolute atomic E-state index is 0.256. The summed E-state index contributed by atoms with van der Waals surface area (Å²) in [5, 5.41) is -0.476. The summed E-state index contributed by atoms with van der Waals surface area (Å²) in [4.78, 5) is 18.0. The van der Waals surface area contributed by atoms with Gasteiger partial charge >= 0.3 is 0 Å². The third-order valence-electron chi connectivity index (χ3n) is 5.81. The van der Waals surface area contributed by atoms with Gasteiger partial charge in [0.1, 0.15) is 5.82 Å². The second kappa shape index (κ2) is 8.16. The fourth-order valence-corrected chi connectivity index (χ4v) is 3.72. The highest BCUT2D eigenvalue weighted by atomic mass is 16.5. The lowest BCUT2D eigenvalue weighted by atomic mass is 9.30. The maximum atomic E-state index is 12.9. The molecule has 3 aromatic rings. The predicted octanol–water partition coefficient (Wildman–Crippen LogP) is -2.13. The van der Waals surface area contributed by atoms with Gasteiger partial charge in [-0.15, -0.1) is 0 Å². The number of carbonyl (C=O) groups is 1. The molecular formula is C19H13B8N5O2. The fraction of sp³-hybridized carbons (Fsp3) is 0.316. The Kier molecular flexibility index (Phi) is 5.97. The van der Waals surface area contributed by atoms with E-state index >= 15 is 0 Å². The number of rotatable bonds is 4. The van der Waals surface area contributed by atoms with Crippen LogP contribution in [0, 0.1) is 0 Å². The van der Waals surface area contributed by atoms with Crippen LogP contribution in [0.2, 0.25) is 0 Å². The highest BCUT2D eigenvalue weighted by Gasteiger charge is 2.57. The zero-order valence-corrected chi connectivity index (χ0v) is 18.5. The molecule has 16 radical (unpaired) electrons. The van der Waals surface area contributed by atoms with Crippen LogP contribution in [0.5, 0.6) is 0 Å². The lowest BCUT2D eigenvalue weighted by molar-refractivity contribution is -0.131. The van der Waals surface area contributed by atoms with Crippen molar-refractivity contribution in [2.24, 2.45) is 7.05 Å². The molecule has 0 bridgehead atoms. The van der Waals surface area contributed by atoms with Crippen LogP contribution in [0.1, 0.15) is 0 Å². The topological polar surface area (TPSA) is 72.3 Å². The lowest BCUT2D eigenvalue weighted by Gasteiger charge is -2.70. The molecule has 2 aromatic heterocycles. The standard InChI is InChI=1S/C19H13B8N5O2/c1-31-8-13(7-29-31)10-2-3-11-6-28-14(5-12(11)4-10)30-15(33)9-32-16(20,21)18(24,25)34-19(26,27)17(32,22)23/h2-8H,9H2,1H3,(H,28,30,33). The summed E-state index contributed by atoms with van der Waals surface area (Å²) in [5.74, 6) is -0.379. The van der Waals surface area contributed by atoms with Gasteiger partial charge in [-0.2, -0.15) is 5.10 Å². The van der Waals surface area contributed by atoms with E-state index in [4.69, 9.17) is 67.5 Å². The third kappa shape index (κ3) is 4.17. The van der Waals surface area contributed by atoms with E-state index in [1.165, 1.54) is 0 Å². The van der Waals surface area contributed by atoms with E-state index in [1.807, 2.05) is 31.4 Å². The summed E-state index contributed by atoms with van der Waals surface area (Å²) in [7, 11) is 49.4. The summed E-state index contributed by atoms with van der Waals surface area (Å²) in [6, 6.07) is 7.53. The van der Waals surface area contributed by atoms with Crippen LogP contribution in [0.15, 0.2) is 42.9 Å². The molecule has 0 saturated carbocycles. The van der Waals surface area contributed by atoms with E-state index in [0.29, 0.717) is 0 Å². The molecular weight excluding hydrogens is 417 g/mol. The molecule has 1 aliphatic rings. The SMILES string of the molecule is [B]C1([B])OC([B])([B])C([B])([B])N(CC(=O)Nc2cc3cc(-c4cnn(C)c4)ccc3cn2)C1([B])[B]. The predicted molar refractivity (Wildman–Crippen MR) is 137 cm³/mol. The maximum absolute atomic E-state index is 12.9. The second-order valence-electron chi connectivity index (χ2n) is 8.51. The van der Waals surface area contributed by atoms with Crippen LogP contribution in [-0.4, -0.2) is 116 Å². The third-order valence-corrected chi connectivity index (χ3v) is 5.81. The van der Waals surface area contributed by atoms with Crippen molar-refractivity contribution in [2.45, 2.75) is 21.5 Å². The minimum atomic E-state index is -2.29. The number of aryl methyl sites for hydroxylation is 1. The Bertz CT molecular complexity index is 1240. The first-order valence-electron chi connectivity index (χ1n) is 10.1. The van der Waals surface area contributed by atoms with Gasteiger partial charge in [-0.25, -0.2) is 4.98 Å². The summed E-state index contributed by atoms with van der Waals surface area (Å²) < 4.78 is 6.85. The number of morpholine rings is 1. The van der Waals surface area contributed by atoms with Gasteiger partial charge in [0.15, 0.2) is 0 Å². The van der Waals surface area contributed by atoms with E-state index in [9.17, 15) is 4.79 Å². The van der Waals surface area contributed by atoms with Gasteiger partial charge in [-0.05, 0) is 44.6 Å². The Labute approximate surface area is 208 Å². The number of anilines is 1. The average molecular weight is 430 g/mol. The molecule has 0 unspecified atom stereocenters. The molecule has 34 heavy (non-hydrogen) atoms. The van der Waals surface area contributed by atoms with Gasteiger partial charge in [-0.3, -0.25) is 9.48 Å². The van der Waals surface area contributed by atoms with Crippen molar-refractivity contribution in [3.05, 3.63) is 42.9 Å². The van der Waals surface area contributed by atoms with E-state index in [0.717, 1.165) is 26.8 Å². The normalized spacial score (nSPS) is 20.6. The molecule has 3 heterocycles. The number of pyridine rings is 1. The molecule has 1 amide bonds. The van der Waals surface area contributed by atoms with Crippen LogP contribution in [0.25, 0.3) is 21.9 Å². The monoisotopic (exact) mass is 431 g/mol. The van der Waals surface area contributed by atoms with E-state index < -0.39 is 33.9 Å². The van der Waals surface area contributed by atoms with Crippen LogP contribution in [0.4, 0.5) is 5.82 Å². The number of amides is 1. The molecule has 4 rings (SSSR count). The van der Waals surface area contributed by atoms with E-state index in [-0.39, 0.29) is 5.82 Å². The van der Waals surface area contributed by atoms with Gasteiger partial charge in [0, 0.05) is 30.4 Å². The van der Waals surface area contributed by atoms with Crippen LogP contribution >= 0.6 is 0 Å². The van der Waals surface area contributed by atoms with Gasteiger partial charge in [-0.1, -0.05) is 12.1 Å². The Balaban J connectivity index is 1.58. The van der Waals surface area contributed by atoms with Crippen molar-refractivity contribution >= 4 is 85.3 Å². The second-order valence-corrected chi connectivity index (χ2v) is 8.51.